The minimum absolute atomic E-state index is 0.0467. The molecule has 1 aliphatic heterocycles. The molecule has 1 amide bonds. The van der Waals surface area contributed by atoms with E-state index in [-0.39, 0.29) is 29.9 Å². The van der Waals surface area contributed by atoms with Gasteiger partial charge in [0.2, 0.25) is 0 Å². The van der Waals surface area contributed by atoms with Crippen molar-refractivity contribution in [2.24, 2.45) is 0 Å². The Morgan fingerprint density at radius 1 is 1.48 bits per heavy atom. The summed E-state index contributed by atoms with van der Waals surface area (Å²) in [5.74, 6) is -1.23. The summed E-state index contributed by atoms with van der Waals surface area (Å²) in [6.45, 7) is 2.45. The third-order valence-electron chi connectivity index (χ3n) is 3.34. The molecule has 0 aliphatic carbocycles. The van der Waals surface area contributed by atoms with Crippen molar-refractivity contribution in [1.29, 1.82) is 0 Å². The molecule has 1 atom stereocenters. The second-order valence-electron chi connectivity index (χ2n) is 4.99. The number of rotatable bonds is 5. The minimum Gasteiger partial charge on any atom is -0.507 e. The first-order chi connectivity index (χ1) is 10.1. The number of carbonyl (C=O) groups is 2. The van der Waals surface area contributed by atoms with E-state index >= 15 is 0 Å². The Morgan fingerprint density at radius 3 is 3.00 bits per heavy atom. The van der Waals surface area contributed by atoms with E-state index in [0.29, 0.717) is 12.1 Å². The predicted octanol–water partition coefficient (Wildman–Crippen LogP) is 1.15. The molecule has 1 fully saturated rings. The number of benzene rings is 1. The zero-order valence-electron chi connectivity index (χ0n) is 11.9. The molecule has 0 aromatic heterocycles. The smallest absolute Gasteiger partial charge is 0.342 e. The van der Waals surface area contributed by atoms with Gasteiger partial charge in [0.05, 0.1) is 6.10 Å². The van der Waals surface area contributed by atoms with Crippen LogP contribution in [0.25, 0.3) is 0 Å². The van der Waals surface area contributed by atoms with E-state index in [2.05, 4.69) is 5.32 Å². The fourth-order valence-corrected chi connectivity index (χ4v) is 2.12. The molecule has 1 saturated heterocycles. The molecule has 114 valence electrons. The Kier molecular flexibility index (Phi) is 5.16. The molecular weight excluding hydrogens is 274 g/mol. The van der Waals surface area contributed by atoms with Crippen LogP contribution >= 0.6 is 0 Å². The number of phenols is 1. The monoisotopic (exact) mass is 293 g/mol. The van der Waals surface area contributed by atoms with E-state index in [1.807, 2.05) is 0 Å². The molecule has 6 heteroatoms. The van der Waals surface area contributed by atoms with Crippen molar-refractivity contribution >= 4 is 11.9 Å². The number of esters is 1. The van der Waals surface area contributed by atoms with Gasteiger partial charge in [0, 0.05) is 13.2 Å². The van der Waals surface area contributed by atoms with Crippen molar-refractivity contribution in [2.75, 3.05) is 19.8 Å². The number of hydrogen-bond acceptors (Lipinski definition) is 5. The standard InChI is InChI=1S/C15H19NO5/c1-10-4-2-6-12(14(10)18)15(19)21-9-13(17)16-8-11-5-3-7-20-11/h2,4,6,11,18H,3,5,7-9H2,1H3,(H,16,17)/t11-/m0/s1. The Labute approximate surface area is 123 Å². The number of nitrogens with one attached hydrogen (secondary N) is 1. The van der Waals surface area contributed by atoms with Gasteiger partial charge in [-0.25, -0.2) is 4.79 Å². The van der Waals surface area contributed by atoms with Crippen LogP contribution in [0.15, 0.2) is 18.2 Å². The van der Waals surface area contributed by atoms with Gasteiger partial charge in [-0.05, 0) is 31.4 Å². The van der Waals surface area contributed by atoms with Gasteiger partial charge in [-0.15, -0.1) is 0 Å². The molecule has 1 aromatic carbocycles. The maximum atomic E-state index is 11.8. The summed E-state index contributed by atoms with van der Waals surface area (Å²) < 4.78 is 10.3. The Hall–Kier alpha value is -2.08. The fourth-order valence-electron chi connectivity index (χ4n) is 2.12. The van der Waals surface area contributed by atoms with Crippen LogP contribution < -0.4 is 5.32 Å². The van der Waals surface area contributed by atoms with E-state index in [0.717, 1.165) is 19.4 Å². The van der Waals surface area contributed by atoms with Crippen molar-refractivity contribution in [3.8, 4) is 5.75 Å². The van der Waals surface area contributed by atoms with Crippen LogP contribution in [-0.2, 0) is 14.3 Å². The van der Waals surface area contributed by atoms with Crippen molar-refractivity contribution < 1.29 is 24.2 Å². The Balaban J connectivity index is 1.77. The molecule has 1 aromatic rings. The van der Waals surface area contributed by atoms with Crippen LogP contribution in [0.3, 0.4) is 0 Å². The van der Waals surface area contributed by atoms with Crippen molar-refractivity contribution in [1.82, 2.24) is 5.32 Å². The number of carbonyl (C=O) groups excluding carboxylic acids is 2. The number of amides is 1. The van der Waals surface area contributed by atoms with E-state index in [1.54, 1.807) is 19.1 Å². The van der Waals surface area contributed by atoms with Crippen molar-refractivity contribution in [3.05, 3.63) is 29.3 Å². The number of hydrogen-bond donors (Lipinski definition) is 2. The average Bonchev–Trinajstić information content (AvgIpc) is 2.99. The van der Waals surface area contributed by atoms with E-state index in [4.69, 9.17) is 9.47 Å². The van der Waals surface area contributed by atoms with E-state index in [1.165, 1.54) is 6.07 Å². The van der Waals surface area contributed by atoms with E-state index < -0.39 is 5.97 Å². The summed E-state index contributed by atoms with van der Waals surface area (Å²) in [7, 11) is 0. The molecule has 6 nitrogen and oxygen atoms in total. The summed E-state index contributed by atoms with van der Waals surface area (Å²) in [5.41, 5.74) is 0.634. The number of aryl methyl sites for hydroxylation is 1. The molecule has 1 heterocycles. The third-order valence-corrected chi connectivity index (χ3v) is 3.34. The molecule has 0 bridgehead atoms. The average molecular weight is 293 g/mol. The maximum absolute atomic E-state index is 11.8. The lowest BCUT2D eigenvalue weighted by atomic mass is 10.1. The summed E-state index contributed by atoms with van der Waals surface area (Å²) in [6, 6.07) is 4.78. The Bertz CT molecular complexity index is 523. The summed E-state index contributed by atoms with van der Waals surface area (Å²) in [4.78, 5) is 23.4. The van der Waals surface area contributed by atoms with Gasteiger partial charge in [-0.3, -0.25) is 4.79 Å². The normalized spacial score (nSPS) is 17.5. The number of para-hydroxylation sites is 1. The highest BCUT2D eigenvalue weighted by atomic mass is 16.5. The predicted molar refractivity (Wildman–Crippen MR) is 75.1 cm³/mol. The SMILES string of the molecule is Cc1cccc(C(=O)OCC(=O)NC[C@@H]2CCCO2)c1O. The van der Waals surface area contributed by atoms with Crippen LogP contribution in [-0.4, -0.2) is 42.8 Å². The quantitative estimate of drug-likeness (QED) is 0.796. The van der Waals surface area contributed by atoms with Crippen LogP contribution in [0.5, 0.6) is 5.75 Å². The second-order valence-corrected chi connectivity index (χ2v) is 4.99. The van der Waals surface area contributed by atoms with Gasteiger partial charge in [0.25, 0.3) is 5.91 Å². The van der Waals surface area contributed by atoms with Crippen LogP contribution in [0.4, 0.5) is 0 Å². The molecule has 0 spiro atoms. The third kappa shape index (κ3) is 4.19. The van der Waals surface area contributed by atoms with Crippen LogP contribution in [0, 0.1) is 6.92 Å². The zero-order chi connectivity index (χ0) is 15.2. The topological polar surface area (TPSA) is 84.9 Å². The lowest BCUT2D eigenvalue weighted by Gasteiger charge is -2.11. The zero-order valence-corrected chi connectivity index (χ0v) is 11.9. The Morgan fingerprint density at radius 2 is 2.29 bits per heavy atom. The second kappa shape index (κ2) is 7.08. The van der Waals surface area contributed by atoms with Gasteiger partial charge < -0.3 is 19.9 Å². The van der Waals surface area contributed by atoms with Gasteiger partial charge >= 0.3 is 5.97 Å². The number of ether oxygens (including phenoxy) is 2. The first-order valence-electron chi connectivity index (χ1n) is 6.92. The van der Waals surface area contributed by atoms with Gasteiger partial charge in [-0.2, -0.15) is 0 Å². The fraction of sp³-hybridized carbons (Fsp3) is 0.467. The highest BCUT2D eigenvalue weighted by Gasteiger charge is 2.18. The molecule has 0 unspecified atom stereocenters. The lowest BCUT2D eigenvalue weighted by molar-refractivity contribution is -0.124. The maximum Gasteiger partial charge on any atom is 0.342 e. The molecule has 0 radical (unpaired) electrons. The van der Waals surface area contributed by atoms with Gasteiger partial charge in [0.15, 0.2) is 6.61 Å². The minimum atomic E-state index is -0.719. The molecule has 1 aliphatic rings. The molecule has 2 N–H and O–H groups in total. The first-order valence-corrected chi connectivity index (χ1v) is 6.92. The summed E-state index contributed by atoms with van der Waals surface area (Å²) in [6.07, 6.45) is 1.98. The van der Waals surface area contributed by atoms with Gasteiger partial charge in [-0.1, -0.05) is 12.1 Å². The molecule has 21 heavy (non-hydrogen) atoms. The van der Waals surface area contributed by atoms with Crippen molar-refractivity contribution in [2.45, 2.75) is 25.9 Å². The van der Waals surface area contributed by atoms with E-state index in [9.17, 15) is 14.7 Å². The number of phenolic OH excluding ortho intramolecular Hbond substituents is 1. The van der Waals surface area contributed by atoms with Crippen LogP contribution in [0.2, 0.25) is 0 Å². The van der Waals surface area contributed by atoms with Gasteiger partial charge in [0.1, 0.15) is 11.3 Å². The molecular formula is C15H19NO5. The molecule has 0 saturated carbocycles. The largest absolute Gasteiger partial charge is 0.507 e. The first kappa shape index (κ1) is 15.3. The summed E-state index contributed by atoms with van der Waals surface area (Å²) in [5, 5.41) is 12.4. The number of aromatic hydroxyl groups is 1. The molecule has 2 rings (SSSR count). The highest BCUT2D eigenvalue weighted by molar-refractivity contribution is 5.94. The van der Waals surface area contributed by atoms with Crippen molar-refractivity contribution in [3.63, 3.8) is 0 Å². The lowest BCUT2D eigenvalue weighted by Crippen LogP contribution is -2.34. The highest BCUT2D eigenvalue weighted by Crippen LogP contribution is 2.21. The van der Waals surface area contributed by atoms with Crippen LogP contribution in [0.1, 0.15) is 28.8 Å². The summed E-state index contributed by atoms with van der Waals surface area (Å²) >= 11 is 0.